The van der Waals surface area contributed by atoms with Crippen LogP contribution in [0.3, 0.4) is 0 Å². The lowest BCUT2D eigenvalue weighted by atomic mass is 9.95. The van der Waals surface area contributed by atoms with Crippen LogP contribution < -0.4 is 0 Å². The molecule has 1 atom stereocenters. The third-order valence-electron chi connectivity index (χ3n) is 5.76. The van der Waals surface area contributed by atoms with Crippen LogP contribution in [0.4, 0.5) is 0 Å². The highest BCUT2D eigenvalue weighted by Crippen LogP contribution is 2.27. The van der Waals surface area contributed by atoms with Crippen molar-refractivity contribution in [3.63, 3.8) is 0 Å². The maximum Gasteiger partial charge on any atom is 0.272 e. The van der Waals surface area contributed by atoms with Crippen LogP contribution in [0, 0.1) is 5.92 Å². The minimum atomic E-state index is -0.0175. The number of nitrogens with zero attached hydrogens (tertiary/aromatic N) is 4. The molecule has 2 aliphatic heterocycles. The monoisotopic (exact) mass is 330 g/mol. The topological polar surface area (TPSA) is 58.4 Å². The molecule has 2 fully saturated rings. The van der Waals surface area contributed by atoms with Crippen molar-refractivity contribution in [2.45, 2.75) is 44.9 Å². The molecule has 0 spiro atoms. The van der Waals surface area contributed by atoms with E-state index in [1.165, 1.54) is 0 Å². The first-order valence-corrected chi connectivity index (χ1v) is 9.28. The molecule has 1 aromatic rings. The van der Waals surface area contributed by atoms with Gasteiger partial charge in [0.25, 0.3) is 5.91 Å². The van der Waals surface area contributed by atoms with E-state index in [0.717, 1.165) is 75.0 Å². The Hall–Kier alpha value is -1.85. The molecule has 0 aromatic carbocycles. The van der Waals surface area contributed by atoms with Gasteiger partial charge in [-0.1, -0.05) is 0 Å². The van der Waals surface area contributed by atoms with Gasteiger partial charge in [-0.3, -0.25) is 14.3 Å². The van der Waals surface area contributed by atoms with Crippen LogP contribution in [0.2, 0.25) is 0 Å². The molecule has 2 saturated heterocycles. The van der Waals surface area contributed by atoms with Gasteiger partial charge in [-0.15, -0.1) is 0 Å². The lowest BCUT2D eigenvalue weighted by Crippen LogP contribution is -2.37. The number of likely N-dealkylation sites (tertiary alicyclic amines) is 2. The Balaban J connectivity index is 1.48. The van der Waals surface area contributed by atoms with Crippen molar-refractivity contribution in [3.8, 4) is 0 Å². The number of aryl methyl sites for hydroxylation is 2. The summed E-state index contributed by atoms with van der Waals surface area (Å²) in [7, 11) is 1.87. The highest BCUT2D eigenvalue weighted by Gasteiger charge is 2.36. The molecule has 1 unspecified atom stereocenters. The van der Waals surface area contributed by atoms with E-state index in [2.05, 4.69) is 5.10 Å². The molecule has 130 valence electrons. The molecule has 0 N–H and O–H groups in total. The second kappa shape index (κ2) is 6.22. The summed E-state index contributed by atoms with van der Waals surface area (Å²) in [5.74, 6) is 0.288. The van der Waals surface area contributed by atoms with Gasteiger partial charge in [-0.2, -0.15) is 5.10 Å². The van der Waals surface area contributed by atoms with Gasteiger partial charge in [0.05, 0.1) is 11.6 Å². The summed E-state index contributed by atoms with van der Waals surface area (Å²) in [6, 6.07) is 0. The first kappa shape index (κ1) is 15.7. The second-order valence-corrected chi connectivity index (χ2v) is 7.37. The summed E-state index contributed by atoms with van der Waals surface area (Å²) in [5, 5.41) is 4.55. The van der Waals surface area contributed by atoms with E-state index < -0.39 is 0 Å². The second-order valence-electron chi connectivity index (χ2n) is 7.37. The summed E-state index contributed by atoms with van der Waals surface area (Å²) < 4.78 is 1.76. The number of hydrogen-bond acceptors (Lipinski definition) is 3. The molecule has 3 heterocycles. The number of carbonyl (C=O) groups is 2. The Kier molecular flexibility index (Phi) is 4.06. The molecule has 1 aliphatic carbocycles. The maximum absolute atomic E-state index is 13.0. The number of amides is 2. The Labute approximate surface area is 142 Å². The van der Waals surface area contributed by atoms with Crippen LogP contribution in [0.15, 0.2) is 0 Å². The molecule has 6 heteroatoms. The SMILES string of the molecule is Cn1nc2c(c1C(=O)N1CCC(C(=O)N3CCCC3)C1)CCCC2. The molecular formula is C18H26N4O2. The van der Waals surface area contributed by atoms with Gasteiger partial charge >= 0.3 is 0 Å². The summed E-state index contributed by atoms with van der Waals surface area (Å²) >= 11 is 0. The average molecular weight is 330 g/mol. The van der Waals surface area contributed by atoms with Crippen LogP contribution in [-0.4, -0.2) is 57.6 Å². The normalized spacial score (nSPS) is 23.6. The van der Waals surface area contributed by atoms with Crippen molar-refractivity contribution in [2.75, 3.05) is 26.2 Å². The first-order chi connectivity index (χ1) is 11.6. The molecule has 6 nitrogen and oxygen atoms in total. The van der Waals surface area contributed by atoms with E-state index >= 15 is 0 Å². The van der Waals surface area contributed by atoms with Crippen LogP contribution in [0.25, 0.3) is 0 Å². The average Bonchev–Trinajstić information content (AvgIpc) is 3.32. The number of fused-ring (bicyclic) bond motifs is 1. The number of rotatable bonds is 2. The Morgan fingerprint density at radius 3 is 2.54 bits per heavy atom. The molecule has 24 heavy (non-hydrogen) atoms. The van der Waals surface area contributed by atoms with E-state index in [1.807, 2.05) is 16.8 Å². The molecule has 2 amide bonds. The zero-order chi connectivity index (χ0) is 16.7. The summed E-state index contributed by atoms with van der Waals surface area (Å²) in [6.45, 7) is 3.02. The van der Waals surface area contributed by atoms with E-state index in [4.69, 9.17) is 0 Å². The van der Waals surface area contributed by atoms with Gasteiger partial charge in [0.1, 0.15) is 5.69 Å². The number of carbonyl (C=O) groups excluding carboxylic acids is 2. The minimum absolute atomic E-state index is 0.0175. The molecule has 0 bridgehead atoms. The lowest BCUT2D eigenvalue weighted by molar-refractivity contribution is -0.133. The predicted molar refractivity (Wildman–Crippen MR) is 89.7 cm³/mol. The Morgan fingerprint density at radius 1 is 1.00 bits per heavy atom. The van der Waals surface area contributed by atoms with E-state index in [1.54, 1.807) is 4.68 Å². The fourth-order valence-electron chi connectivity index (χ4n) is 4.44. The van der Waals surface area contributed by atoms with Crippen LogP contribution >= 0.6 is 0 Å². The predicted octanol–water partition coefficient (Wildman–Crippen LogP) is 1.38. The Bertz CT molecular complexity index is 660. The first-order valence-electron chi connectivity index (χ1n) is 9.28. The quantitative estimate of drug-likeness (QED) is 0.823. The molecule has 4 rings (SSSR count). The fraction of sp³-hybridized carbons (Fsp3) is 0.722. The minimum Gasteiger partial charge on any atom is -0.342 e. The Morgan fingerprint density at radius 2 is 1.75 bits per heavy atom. The van der Waals surface area contributed by atoms with Gasteiger partial charge in [0.2, 0.25) is 5.91 Å². The fourth-order valence-corrected chi connectivity index (χ4v) is 4.44. The van der Waals surface area contributed by atoms with Crippen molar-refractivity contribution in [1.29, 1.82) is 0 Å². The maximum atomic E-state index is 13.0. The van der Waals surface area contributed by atoms with Crippen molar-refractivity contribution in [2.24, 2.45) is 13.0 Å². The van der Waals surface area contributed by atoms with Crippen molar-refractivity contribution in [3.05, 3.63) is 17.0 Å². The van der Waals surface area contributed by atoms with E-state index in [9.17, 15) is 9.59 Å². The van der Waals surface area contributed by atoms with Crippen molar-refractivity contribution >= 4 is 11.8 Å². The van der Waals surface area contributed by atoms with Gasteiger partial charge in [0.15, 0.2) is 0 Å². The summed E-state index contributed by atoms with van der Waals surface area (Å²) in [6.07, 6.45) is 7.25. The lowest BCUT2D eigenvalue weighted by Gasteiger charge is -2.21. The molecular weight excluding hydrogens is 304 g/mol. The third kappa shape index (κ3) is 2.62. The van der Waals surface area contributed by atoms with Crippen molar-refractivity contribution < 1.29 is 9.59 Å². The molecule has 3 aliphatic rings. The highest BCUT2D eigenvalue weighted by molar-refractivity contribution is 5.95. The summed E-state index contributed by atoms with van der Waals surface area (Å²) in [5.41, 5.74) is 2.98. The standard InChI is InChI=1S/C18H26N4O2/c1-20-16(14-6-2-3-7-15(14)19-20)18(24)22-11-8-13(12-22)17(23)21-9-4-5-10-21/h13H,2-12H2,1H3. The van der Waals surface area contributed by atoms with E-state index in [-0.39, 0.29) is 17.7 Å². The number of hydrogen-bond donors (Lipinski definition) is 0. The highest BCUT2D eigenvalue weighted by atomic mass is 16.2. The zero-order valence-corrected chi connectivity index (χ0v) is 14.5. The zero-order valence-electron chi connectivity index (χ0n) is 14.5. The largest absolute Gasteiger partial charge is 0.342 e. The van der Waals surface area contributed by atoms with Crippen LogP contribution in [-0.2, 0) is 24.7 Å². The van der Waals surface area contributed by atoms with Gasteiger partial charge < -0.3 is 9.80 Å². The molecule has 0 radical (unpaired) electrons. The van der Waals surface area contributed by atoms with Crippen molar-refractivity contribution in [1.82, 2.24) is 19.6 Å². The molecule has 0 saturated carbocycles. The van der Waals surface area contributed by atoms with Gasteiger partial charge in [0, 0.05) is 38.8 Å². The molecule has 1 aromatic heterocycles. The van der Waals surface area contributed by atoms with Gasteiger partial charge in [-0.05, 0) is 44.9 Å². The smallest absolute Gasteiger partial charge is 0.272 e. The van der Waals surface area contributed by atoms with E-state index in [0.29, 0.717) is 13.1 Å². The third-order valence-corrected chi connectivity index (χ3v) is 5.76. The number of aromatic nitrogens is 2. The van der Waals surface area contributed by atoms with Crippen LogP contribution in [0.5, 0.6) is 0 Å². The van der Waals surface area contributed by atoms with Crippen LogP contribution in [0.1, 0.15) is 53.8 Å². The van der Waals surface area contributed by atoms with Gasteiger partial charge in [-0.25, -0.2) is 0 Å². The summed E-state index contributed by atoms with van der Waals surface area (Å²) in [4.78, 5) is 29.4.